The first-order valence-electron chi connectivity index (χ1n) is 19.6. The number of benzene rings is 8. The van der Waals surface area contributed by atoms with E-state index in [0.717, 1.165) is 39.0 Å². The van der Waals surface area contributed by atoms with Crippen LogP contribution < -0.4 is 0 Å². The molecule has 0 unspecified atom stereocenters. The number of para-hydroxylation sites is 1. The zero-order valence-electron chi connectivity index (χ0n) is 32.0. The van der Waals surface area contributed by atoms with E-state index < -0.39 is 0 Å². The topological polar surface area (TPSA) is 43.6 Å². The zero-order valence-corrected chi connectivity index (χ0v) is 32.8. The van der Waals surface area contributed by atoms with E-state index in [-0.39, 0.29) is 0 Å². The zero-order chi connectivity index (χ0) is 38.7. The molecule has 0 fully saturated rings. The number of aryl methyl sites for hydroxylation is 2. The van der Waals surface area contributed by atoms with Crippen LogP contribution in [0.3, 0.4) is 0 Å². The highest BCUT2D eigenvalue weighted by Gasteiger charge is 2.22. The maximum Gasteiger partial charge on any atom is 0.166 e. The summed E-state index contributed by atoms with van der Waals surface area (Å²) in [5.74, 6) is 1.88. The Hall–Kier alpha value is -7.21. The minimum atomic E-state index is 0.614. The lowest BCUT2D eigenvalue weighted by Gasteiger charge is -2.17. The van der Waals surface area contributed by atoms with Gasteiger partial charge in [-0.25, -0.2) is 15.0 Å². The molecule has 0 amide bonds. The minimum Gasteiger partial charge on any atom is -0.308 e. The summed E-state index contributed by atoms with van der Waals surface area (Å²) < 4.78 is 4.96. The molecule has 8 aromatic carbocycles. The number of fused-ring (bicyclic) bond motifs is 6. The van der Waals surface area contributed by atoms with E-state index in [0.29, 0.717) is 17.5 Å². The summed E-state index contributed by atoms with van der Waals surface area (Å²) in [6, 6.07) is 65.0. The van der Waals surface area contributed by atoms with Crippen LogP contribution in [-0.2, 0) is 0 Å². The van der Waals surface area contributed by atoms with Gasteiger partial charge in [-0.1, -0.05) is 157 Å². The monoisotopic (exact) mass is 760 g/mol. The Balaban J connectivity index is 1.23. The standard InChI is InChI=1S/C53H36N4S/c1-33-28-34(2)30-39(29-33)37-24-26-42-41-18-9-11-21-45(41)57(47(42)32-37)46-27-25-38(40-20-13-23-49-50(40)43-19-10-12-22-48(43)58-49)31-44(46)53-55-51(35-14-5-3-6-15-35)54-52(56-53)36-16-7-4-8-17-36/h3-32H,1-2H3. The summed E-state index contributed by atoms with van der Waals surface area (Å²) in [6.07, 6.45) is 0. The van der Waals surface area contributed by atoms with Crippen molar-refractivity contribution in [3.63, 3.8) is 0 Å². The second-order valence-electron chi connectivity index (χ2n) is 15.0. The van der Waals surface area contributed by atoms with Gasteiger partial charge in [0.05, 0.1) is 16.7 Å². The maximum absolute atomic E-state index is 5.32. The molecule has 58 heavy (non-hydrogen) atoms. The third-order valence-electron chi connectivity index (χ3n) is 11.1. The third kappa shape index (κ3) is 5.78. The molecule has 0 N–H and O–H groups in total. The highest BCUT2D eigenvalue weighted by Crippen LogP contribution is 2.43. The van der Waals surface area contributed by atoms with Crippen molar-refractivity contribution >= 4 is 53.3 Å². The molecule has 5 heteroatoms. The van der Waals surface area contributed by atoms with E-state index >= 15 is 0 Å². The van der Waals surface area contributed by atoms with Gasteiger partial charge in [-0.3, -0.25) is 0 Å². The van der Waals surface area contributed by atoms with Crippen LogP contribution in [0.1, 0.15) is 11.1 Å². The Morgan fingerprint density at radius 1 is 0.379 bits per heavy atom. The van der Waals surface area contributed by atoms with Crippen molar-refractivity contribution in [2.45, 2.75) is 13.8 Å². The van der Waals surface area contributed by atoms with E-state index in [4.69, 9.17) is 15.0 Å². The molecule has 0 saturated heterocycles. The Bertz CT molecular complexity index is 3280. The lowest BCUT2D eigenvalue weighted by atomic mass is 9.96. The molecule has 3 aromatic heterocycles. The number of aromatic nitrogens is 4. The van der Waals surface area contributed by atoms with Gasteiger partial charge in [0.25, 0.3) is 0 Å². The van der Waals surface area contributed by atoms with Crippen molar-refractivity contribution in [1.82, 2.24) is 19.5 Å². The van der Waals surface area contributed by atoms with Crippen molar-refractivity contribution in [3.05, 3.63) is 193 Å². The second kappa shape index (κ2) is 13.8. The van der Waals surface area contributed by atoms with Gasteiger partial charge in [-0.2, -0.15) is 0 Å². The Labute approximate surface area is 340 Å². The fourth-order valence-corrected chi connectivity index (χ4v) is 9.71. The summed E-state index contributed by atoms with van der Waals surface area (Å²) in [4.78, 5) is 15.7. The first kappa shape index (κ1) is 34.1. The number of hydrogen-bond donors (Lipinski definition) is 0. The van der Waals surface area contributed by atoms with Crippen molar-refractivity contribution < 1.29 is 0 Å². The van der Waals surface area contributed by atoms with Crippen LogP contribution >= 0.6 is 11.3 Å². The van der Waals surface area contributed by atoms with Gasteiger partial charge >= 0.3 is 0 Å². The van der Waals surface area contributed by atoms with E-state index in [2.05, 4.69) is 164 Å². The summed E-state index contributed by atoms with van der Waals surface area (Å²) in [5, 5.41) is 4.92. The van der Waals surface area contributed by atoms with Gasteiger partial charge in [-0.15, -0.1) is 11.3 Å². The SMILES string of the molecule is Cc1cc(C)cc(-c2ccc3c4ccccc4n(-c4ccc(-c5cccc6sc7ccccc7c56)cc4-c4nc(-c5ccccc5)nc(-c5ccccc5)n4)c3c2)c1. The smallest absolute Gasteiger partial charge is 0.166 e. The molecular weight excluding hydrogens is 725 g/mol. The van der Waals surface area contributed by atoms with Crippen molar-refractivity contribution in [3.8, 4) is 62.1 Å². The van der Waals surface area contributed by atoms with Crippen LogP contribution in [0.25, 0.3) is 104 Å². The number of nitrogens with zero attached hydrogens (tertiary/aromatic N) is 4. The maximum atomic E-state index is 5.32. The fraction of sp³-hybridized carbons (Fsp3) is 0.0377. The van der Waals surface area contributed by atoms with Crippen LogP contribution in [0.15, 0.2) is 182 Å². The quantitative estimate of drug-likeness (QED) is 0.169. The third-order valence-corrected chi connectivity index (χ3v) is 12.3. The lowest BCUT2D eigenvalue weighted by Crippen LogP contribution is -2.04. The summed E-state index contributed by atoms with van der Waals surface area (Å²) in [7, 11) is 0. The van der Waals surface area contributed by atoms with E-state index in [1.165, 1.54) is 58.8 Å². The molecule has 4 nitrogen and oxygen atoms in total. The average Bonchev–Trinajstić information content (AvgIpc) is 3.82. The predicted octanol–water partition coefficient (Wildman–Crippen LogP) is 14.3. The van der Waals surface area contributed by atoms with Gasteiger partial charge in [0.1, 0.15) is 0 Å². The van der Waals surface area contributed by atoms with Gasteiger partial charge in [0, 0.05) is 47.6 Å². The Morgan fingerprint density at radius 2 is 0.983 bits per heavy atom. The van der Waals surface area contributed by atoms with Crippen molar-refractivity contribution in [2.75, 3.05) is 0 Å². The largest absolute Gasteiger partial charge is 0.308 e. The molecule has 0 aliphatic rings. The first-order chi connectivity index (χ1) is 28.6. The minimum absolute atomic E-state index is 0.614. The Kier molecular flexibility index (Phi) is 8.09. The van der Waals surface area contributed by atoms with E-state index in [9.17, 15) is 0 Å². The van der Waals surface area contributed by atoms with Crippen LogP contribution in [0.5, 0.6) is 0 Å². The first-order valence-corrected chi connectivity index (χ1v) is 20.4. The Morgan fingerprint density at radius 3 is 1.72 bits per heavy atom. The number of thiophene rings is 1. The molecule has 11 rings (SSSR count). The second-order valence-corrected chi connectivity index (χ2v) is 16.1. The van der Waals surface area contributed by atoms with Gasteiger partial charge in [0.15, 0.2) is 17.5 Å². The van der Waals surface area contributed by atoms with Gasteiger partial charge in [0.2, 0.25) is 0 Å². The van der Waals surface area contributed by atoms with Crippen molar-refractivity contribution in [2.24, 2.45) is 0 Å². The normalized spacial score (nSPS) is 11.6. The van der Waals surface area contributed by atoms with Gasteiger partial charge < -0.3 is 4.57 Å². The molecule has 0 aliphatic heterocycles. The molecule has 0 atom stereocenters. The van der Waals surface area contributed by atoms with Crippen LogP contribution in [0, 0.1) is 13.8 Å². The molecule has 3 heterocycles. The van der Waals surface area contributed by atoms with Crippen LogP contribution in [-0.4, -0.2) is 19.5 Å². The molecule has 0 spiro atoms. The highest BCUT2D eigenvalue weighted by atomic mass is 32.1. The van der Waals surface area contributed by atoms with E-state index in [1.807, 2.05) is 47.7 Å². The van der Waals surface area contributed by atoms with E-state index in [1.54, 1.807) is 0 Å². The van der Waals surface area contributed by atoms with Crippen molar-refractivity contribution in [1.29, 1.82) is 0 Å². The average molecular weight is 761 g/mol. The van der Waals surface area contributed by atoms with Crippen LogP contribution in [0.4, 0.5) is 0 Å². The summed E-state index contributed by atoms with van der Waals surface area (Å²) >= 11 is 1.84. The molecule has 0 saturated carbocycles. The fourth-order valence-electron chi connectivity index (χ4n) is 8.57. The number of rotatable bonds is 6. The lowest BCUT2D eigenvalue weighted by molar-refractivity contribution is 1.06. The van der Waals surface area contributed by atoms with Gasteiger partial charge in [-0.05, 0) is 72.5 Å². The molecule has 0 bridgehead atoms. The van der Waals surface area contributed by atoms with Crippen LogP contribution in [0.2, 0.25) is 0 Å². The number of hydrogen-bond acceptors (Lipinski definition) is 4. The molecule has 274 valence electrons. The predicted molar refractivity (Wildman–Crippen MR) is 244 cm³/mol. The summed E-state index contributed by atoms with van der Waals surface area (Å²) in [6.45, 7) is 4.34. The summed E-state index contributed by atoms with van der Waals surface area (Å²) in [5.41, 5.74) is 13.2. The molecule has 11 aromatic rings. The molecule has 0 radical (unpaired) electrons. The highest BCUT2D eigenvalue weighted by molar-refractivity contribution is 7.25. The molecular formula is C53H36N4S. The molecule has 0 aliphatic carbocycles.